The maximum Gasteiger partial charge on any atom is 0.250 e. The summed E-state index contributed by atoms with van der Waals surface area (Å²) < 4.78 is 0. The van der Waals surface area contributed by atoms with Crippen molar-refractivity contribution in [1.29, 1.82) is 0 Å². The smallest absolute Gasteiger partial charge is 0.250 e. The van der Waals surface area contributed by atoms with Crippen LogP contribution in [0.15, 0.2) is 18.2 Å². The van der Waals surface area contributed by atoms with Gasteiger partial charge in [-0.2, -0.15) is 0 Å². The predicted octanol–water partition coefficient (Wildman–Crippen LogP) is 2.53. The van der Waals surface area contributed by atoms with Gasteiger partial charge in [0.1, 0.15) is 0 Å². The number of nitrogen functional groups attached to an aromatic ring is 1. The molecule has 0 unspecified atom stereocenters. The average Bonchev–Trinajstić information content (AvgIpc) is 2.42. The van der Waals surface area contributed by atoms with Crippen LogP contribution in [0.4, 0.5) is 11.4 Å². The molecule has 1 fully saturated rings. The second-order valence-corrected chi connectivity index (χ2v) is 5.21. The summed E-state index contributed by atoms with van der Waals surface area (Å²) >= 11 is 0. The number of benzene rings is 1. The molecule has 0 heterocycles. The van der Waals surface area contributed by atoms with Crippen LogP contribution in [0, 0.1) is 0 Å². The van der Waals surface area contributed by atoms with E-state index in [0.717, 1.165) is 12.2 Å². The minimum absolute atomic E-state index is 0.423. The molecule has 1 aliphatic carbocycles. The maximum atomic E-state index is 11.4. The molecule has 0 spiro atoms. The molecule has 104 valence electrons. The van der Waals surface area contributed by atoms with Crippen molar-refractivity contribution in [1.82, 2.24) is 0 Å². The summed E-state index contributed by atoms with van der Waals surface area (Å²) in [6, 6.07) is 6.17. The molecule has 0 radical (unpaired) electrons. The van der Waals surface area contributed by atoms with Crippen molar-refractivity contribution in [2.45, 2.75) is 45.1 Å². The zero-order valence-corrected chi connectivity index (χ0v) is 11.6. The lowest BCUT2D eigenvalue weighted by Crippen LogP contribution is -2.36. The number of carbonyl (C=O) groups excluding carboxylic acids is 1. The van der Waals surface area contributed by atoms with Gasteiger partial charge in [0.05, 0.1) is 5.56 Å². The van der Waals surface area contributed by atoms with E-state index in [4.69, 9.17) is 11.5 Å². The van der Waals surface area contributed by atoms with Crippen molar-refractivity contribution in [3.8, 4) is 0 Å². The summed E-state index contributed by atoms with van der Waals surface area (Å²) in [5.41, 5.74) is 13.1. The molecule has 1 aromatic carbocycles. The number of rotatable bonds is 4. The van der Waals surface area contributed by atoms with E-state index in [1.165, 1.54) is 32.1 Å². The number of primary amides is 1. The number of nitrogens with two attached hydrogens (primary N) is 2. The van der Waals surface area contributed by atoms with Crippen LogP contribution in [0.2, 0.25) is 0 Å². The Hall–Kier alpha value is -1.71. The normalized spacial score (nSPS) is 16.3. The van der Waals surface area contributed by atoms with Crippen molar-refractivity contribution >= 4 is 17.3 Å². The van der Waals surface area contributed by atoms with Gasteiger partial charge in [0.25, 0.3) is 5.91 Å². The third-order valence-electron chi connectivity index (χ3n) is 3.99. The number of amides is 1. The molecule has 4 heteroatoms. The first-order valence-corrected chi connectivity index (χ1v) is 7.09. The molecule has 1 aromatic rings. The molecule has 0 aromatic heterocycles. The summed E-state index contributed by atoms with van der Waals surface area (Å²) in [5, 5.41) is 0. The first kappa shape index (κ1) is 13.7. The molecule has 1 aliphatic rings. The van der Waals surface area contributed by atoms with E-state index in [-0.39, 0.29) is 0 Å². The highest BCUT2D eigenvalue weighted by Gasteiger charge is 2.21. The third-order valence-corrected chi connectivity index (χ3v) is 3.99. The van der Waals surface area contributed by atoms with Crippen molar-refractivity contribution < 1.29 is 4.79 Å². The van der Waals surface area contributed by atoms with E-state index in [2.05, 4.69) is 11.8 Å². The van der Waals surface area contributed by atoms with Gasteiger partial charge in [-0.25, -0.2) is 0 Å². The zero-order chi connectivity index (χ0) is 13.8. The molecular weight excluding hydrogens is 238 g/mol. The fourth-order valence-corrected chi connectivity index (χ4v) is 2.98. The van der Waals surface area contributed by atoms with Gasteiger partial charge in [-0.3, -0.25) is 4.79 Å². The zero-order valence-electron chi connectivity index (χ0n) is 11.6. The fourth-order valence-electron chi connectivity index (χ4n) is 2.98. The van der Waals surface area contributed by atoms with Gasteiger partial charge in [-0.1, -0.05) is 19.3 Å². The molecule has 2 rings (SSSR count). The van der Waals surface area contributed by atoms with Gasteiger partial charge in [0.15, 0.2) is 0 Å². The van der Waals surface area contributed by atoms with Crippen LogP contribution < -0.4 is 16.4 Å². The standard InChI is InChI=1S/C15H23N3O/c1-2-18(11-6-4-3-5-7-11)12-8-9-14(16)13(10-12)15(17)19/h8-11H,2-7,16H2,1H3,(H2,17,19). The molecule has 1 amide bonds. The highest BCUT2D eigenvalue weighted by Crippen LogP contribution is 2.29. The van der Waals surface area contributed by atoms with Crippen LogP contribution in [0.3, 0.4) is 0 Å². The van der Waals surface area contributed by atoms with Gasteiger partial charge < -0.3 is 16.4 Å². The maximum absolute atomic E-state index is 11.4. The van der Waals surface area contributed by atoms with E-state index < -0.39 is 5.91 Å². The van der Waals surface area contributed by atoms with Crippen LogP contribution in [0.5, 0.6) is 0 Å². The Labute approximate surface area is 114 Å². The van der Waals surface area contributed by atoms with E-state index in [9.17, 15) is 4.79 Å². The van der Waals surface area contributed by atoms with Crippen LogP contribution >= 0.6 is 0 Å². The predicted molar refractivity (Wildman–Crippen MR) is 79.3 cm³/mol. The topological polar surface area (TPSA) is 72.3 Å². The highest BCUT2D eigenvalue weighted by molar-refractivity contribution is 5.99. The van der Waals surface area contributed by atoms with E-state index in [1.807, 2.05) is 12.1 Å². The molecular formula is C15H23N3O. The lowest BCUT2D eigenvalue weighted by Gasteiger charge is -2.35. The van der Waals surface area contributed by atoms with Gasteiger partial charge in [-0.15, -0.1) is 0 Å². The average molecular weight is 261 g/mol. The molecule has 19 heavy (non-hydrogen) atoms. The molecule has 0 bridgehead atoms. The first-order valence-electron chi connectivity index (χ1n) is 7.09. The molecule has 4 N–H and O–H groups in total. The molecule has 0 saturated heterocycles. The second kappa shape index (κ2) is 5.95. The molecule has 0 aliphatic heterocycles. The van der Waals surface area contributed by atoms with E-state index >= 15 is 0 Å². The summed E-state index contributed by atoms with van der Waals surface area (Å²) in [5.74, 6) is -0.459. The monoisotopic (exact) mass is 261 g/mol. The lowest BCUT2D eigenvalue weighted by molar-refractivity contribution is 0.100. The number of hydrogen-bond donors (Lipinski definition) is 2. The van der Waals surface area contributed by atoms with Crippen LogP contribution in [0.1, 0.15) is 49.4 Å². The number of nitrogens with zero attached hydrogens (tertiary/aromatic N) is 1. The molecule has 4 nitrogen and oxygen atoms in total. The highest BCUT2D eigenvalue weighted by atomic mass is 16.1. The van der Waals surface area contributed by atoms with Crippen molar-refractivity contribution in [3.63, 3.8) is 0 Å². The van der Waals surface area contributed by atoms with Gasteiger partial charge in [-0.05, 0) is 38.0 Å². The summed E-state index contributed by atoms with van der Waals surface area (Å²) in [4.78, 5) is 13.8. The first-order chi connectivity index (χ1) is 9.13. The van der Waals surface area contributed by atoms with Crippen molar-refractivity contribution in [2.75, 3.05) is 17.2 Å². The van der Waals surface area contributed by atoms with Gasteiger partial charge in [0, 0.05) is 24.0 Å². The lowest BCUT2D eigenvalue weighted by atomic mass is 9.93. The third kappa shape index (κ3) is 3.00. The molecule has 0 atom stereocenters. The Balaban J connectivity index is 2.27. The number of hydrogen-bond acceptors (Lipinski definition) is 3. The molecule has 1 saturated carbocycles. The largest absolute Gasteiger partial charge is 0.398 e. The van der Waals surface area contributed by atoms with Crippen molar-refractivity contribution in [2.24, 2.45) is 5.73 Å². The Morgan fingerprint density at radius 3 is 2.58 bits per heavy atom. The minimum Gasteiger partial charge on any atom is -0.398 e. The summed E-state index contributed by atoms with van der Waals surface area (Å²) in [6.07, 6.45) is 6.37. The Morgan fingerprint density at radius 1 is 1.32 bits per heavy atom. The Kier molecular flexibility index (Phi) is 4.30. The number of anilines is 2. The Bertz CT molecular complexity index is 453. The Morgan fingerprint density at radius 2 is 2.00 bits per heavy atom. The fraction of sp³-hybridized carbons (Fsp3) is 0.533. The SMILES string of the molecule is CCN(c1ccc(N)c(C(N)=O)c1)C1CCCCC1. The van der Waals surface area contributed by atoms with Gasteiger partial charge in [0.2, 0.25) is 0 Å². The summed E-state index contributed by atoms with van der Waals surface area (Å²) in [7, 11) is 0. The van der Waals surface area contributed by atoms with Crippen LogP contribution in [-0.4, -0.2) is 18.5 Å². The van der Waals surface area contributed by atoms with Crippen LogP contribution in [-0.2, 0) is 0 Å². The van der Waals surface area contributed by atoms with Crippen molar-refractivity contribution in [3.05, 3.63) is 23.8 Å². The van der Waals surface area contributed by atoms with E-state index in [1.54, 1.807) is 6.07 Å². The summed E-state index contributed by atoms with van der Waals surface area (Å²) in [6.45, 7) is 3.09. The minimum atomic E-state index is -0.459. The van der Waals surface area contributed by atoms with Crippen LogP contribution in [0.25, 0.3) is 0 Å². The van der Waals surface area contributed by atoms with E-state index in [0.29, 0.717) is 17.3 Å². The van der Waals surface area contributed by atoms with Gasteiger partial charge >= 0.3 is 0 Å². The second-order valence-electron chi connectivity index (χ2n) is 5.21. The quantitative estimate of drug-likeness (QED) is 0.818. The number of carbonyl (C=O) groups is 1.